The quantitative estimate of drug-likeness (QED) is 0.815. The number of aliphatic hydroxyl groups excluding tert-OH is 1. The maximum absolute atomic E-state index is 13.6. The molecule has 0 radical (unpaired) electrons. The number of anilines is 1. The van der Waals surface area contributed by atoms with Crippen LogP contribution in [0.3, 0.4) is 0 Å². The molecule has 1 unspecified atom stereocenters. The standard InChI is InChI=1S/C21H28N4O2/c1-22-18-5-2-12-23-19(18)24-13-3-10-21(15-24)11-4-14-25(20(21)27)16-6-8-17(26)9-7-16/h2,5,12,16-17,26H,3-4,6-11,13-15H2. The number of piperidine rings is 2. The first-order valence-electron chi connectivity index (χ1n) is 10.2. The first-order chi connectivity index (χ1) is 13.1. The van der Waals surface area contributed by atoms with Gasteiger partial charge < -0.3 is 14.9 Å². The Morgan fingerprint density at radius 1 is 1.19 bits per heavy atom. The number of nitrogens with zero attached hydrogens (tertiary/aromatic N) is 4. The molecule has 6 heteroatoms. The lowest BCUT2D eigenvalue weighted by atomic mass is 9.72. The van der Waals surface area contributed by atoms with Gasteiger partial charge in [-0.15, -0.1) is 0 Å². The van der Waals surface area contributed by atoms with Crippen LogP contribution in [0.15, 0.2) is 18.3 Å². The topological polar surface area (TPSA) is 61.0 Å². The Hall–Kier alpha value is -2.13. The highest BCUT2D eigenvalue weighted by Gasteiger charge is 2.48. The van der Waals surface area contributed by atoms with E-state index in [9.17, 15) is 9.90 Å². The Balaban J connectivity index is 1.55. The minimum Gasteiger partial charge on any atom is -0.393 e. The van der Waals surface area contributed by atoms with Crippen molar-refractivity contribution in [2.75, 3.05) is 24.5 Å². The van der Waals surface area contributed by atoms with Crippen LogP contribution in [-0.4, -0.2) is 52.7 Å². The van der Waals surface area contributed by atoms with Crippen molar-refractivity contribution < 1.29 is 9.90 Å². The van der Waals surface area contributed by atoms with Gasteiger partial charge in [-0.25, -0.2) is 4.85 Å². The summed E-state index contributed by atoms with van der Waals surface area (Å²) < 4.78 is 0. The monoisotopic (exact) mass is 368 g/mol. The number of carbonyl (C=O) groups is 1. The van der Waals surface area contributed by atoms with Gasteiger partial charge in [0.25, 0.3) is 0 Å². The third kappa shape index (κ3) is 3.41. The Labute approximate surface area is 161 Å². The number of aromatic nitrogens is 1. The van der Waals surface area contributed by atoms with Gasteiger partial charge in [0, 0.05) is 31.9 Å². The zero-order valence-electron chi connectivity index (χ0n) is 15.8. The number of amides is 1. The van der Waals surface area contributed by atoms with E-state index in [0.29, 0.717) is 18.1 Å². The largest absolute Gasteiger partial charge is 0.393 e. The van der Waals surface area contributed by atoms with Gasteiger partial charge in [0.15, 0.2) is 0 Å². The van der Waals surface area contributed by atoms with Gasteiger partial charge in [-0.1, -0.05) is 12.1 Å². The second kappa shape index (κ2) is 7.47. The van der Waals surface area contributed by atoms with E-state index in [0.717, 1.165) is 70.3 Å². The summed E-state index contributed by atoms with van der Waals surface area (Å²) in [7, 11) is 0. The van der Waals surface area contributed by atoms with Crippen molar-refractivity contribution in [3.8, 4) is 0 Å². The molecule has 1 spiro atoms. The van der Waals surface area contributed by atoms with Gasteiger partial charge in [-0.3, -0.25) is 9.78 Å². The molecule has 0 aromatic carbocycles. The van der Waals surface area contributed by atoms with Crippen LogP contribution >= 0.6 is 0 Å². The fourth-order valence-corrected chi connectivity index (χ4v) is 5.23. The minimum atomic E-state index is -0.344. The van der Waals surface area contributed by atoms with Crippen molar-refractivity contribution in [2.45, 2.75) is 63.5 Å². The highest BCUT2D eigenvalue weighted by Crippen LogP contribution is 2.43. The summed E-state index contributed by atoms with van der Waals surface area (Å²) in [5.74, 6) is 1.01. The Bertz CT molecular complexity index is 734. The molecule has 2 saturated heterocycles. The van der Waals surface area contributed by atoms with Crippen molar-refractivity contribution in [1.82, 2.24) is 9.88 Å². The van der Waals surface area contributed by atoms with E-state index in [2.05, 4.69) is 19.6 Å². The number of hydrogen-bond acceptors (Lipinski definition) is 4. The molecule has 1 atom stereocenters. The van der Waals surface area contributed by atoms with Gasteiger partial charge in [0.05, 0.1) is 18.1 Å². The van der Waals surface area contributed by atoms with Crippen LogP contribution in [0.25, 0.3) is 4.85 Å². The molecule has 1 saturated carbocycles. The molecule has 3 heterocycles. The predicted octanol–water partition coefficient (Wildman–Crippen LogP) is 3.14. The zero-order valence-corrected chi connectivity index (χ0v) is 15.8. The van der Waals surface area contributed by atoms with Crippen molar-refractivity contribution in [3.63, 3.8) is 0 Å². The Kier molecular flexibility index (Phi) is 5.05. The SMILES string of the molecule is [C-]#[N+]c1cccnc1N1CCCC2(CCCN(C3CCC(O)CC3)C2=O)C1. The van der Waals surface area contributed by atoms with Crippen LogP contribution < -0.4 is 4.90 Å². The summed E-state index contributed by atoms with van der Waals surface area (Å²) in [6.45, 7) is 9.78. The highest BCUT2D eigenvalue weighted by molar-refractivity contribution is 5.85. The molecule has 4 rings (SSSR count). The number of likely N-dealkylation sites (tertiary alicyclic amines) is 1. The molecule has 144 valence electrons. The highest BCUT2D eigenvalue weighted by atomic mass is 16.3. The molecular weight excluding hydrogens is 340 g/mol. The Morgan fingerprint density at radius 3 is 2.67 bits per heavy atom. The van der Waals surface area contributed by atoms with E-state index in [1.54, 1.807) is 18.3 Å². The fraction of sp³-hybridized carbons (Fsp3) is 0.667. The maximum Gasteiger partial charge on any atom is 0.230 e. The first-order valence-corrected chi connectivity index (χ1v) is 10.2. The van der Waals surface area contributed by atoms with Crippen molar-refractivity contribution in [2.24, 2.45) is 5.41 Å². The summed E-state index contributed by atoms with van der Waals surface area (Å²) >= 11 is 0. The summed E-state index contributed by atoms with van der Waals surface area (Å²) in [5.41, 5.74) is 0.222. The molecular formula is C21H28N4O2. The average molecular weight is 368 g/mol. The summed E-state index contributed by atoms with van der Waals surface area (Å²) in [6.07, 6.45) is 8.80. The molecule has 3 fully saturated rings. The lowest BCUT2D eigenvalue weighted by Gasteiger charge is -2.50. The molecule has 2 aliphatic heterocycles. The minimum absolute atomic E-state index is 0.198. The Morgan fingerprint density at radius 2 is 1.93 bits per heavy atom. The van der Waals surface area contributed by atoms with Crippen LogP contribution in [-0.2, 0) is 4.79 Å². The van der Waals surface area contributed by atoms with Crippen molar-refractivity contribution >= 4 is 17.4 Å². The number of hydrogen-bond donors (Lipinski definition) is 1. The van der Waals surface area contributed by atoms with E-state index in [1.165, 1.54) is 0 Å². The lowest BCUT2D eigenvalue weighted by Crippen LogP contribution is -2.59. The number of rotatable bonds is 2. The maximum atomic E-state index is 13.6. The van der Waals surface area contributed by atoms with Gasteiger partial charge in [-0.05, 0) is 51.4 Å². The second-order valence-corrected chi connectivity index (χ2v) is 8.33. The average Bonchev–Trinajstić information content (AvgIpc) is 2.71. The molecule has 6 nitrogen and oxygen atoms in total. The molecule has 27 heavy (non-hydrogen) atoms. The second-order valence-electron chi connectivity index (χ2n) is 8.33. The summed E-state index contributed by atoms with van der Waals surface area (Å²) in [4.78, 5) is 25.9. The van der Waals surface area contributed by atoms with Crippen molar-refractivity contribution in [1.29, 1.82) is 0 Å². The van der Waals surface area contributed by atoms with Gasteiger partial charge >= 0.3 is 0 Å². The van der Waals surface area contributed by atoms with E-state index in [1.807, 2.05) is 0 Å². The zero-order chi connectivity index (χ0) is 18.9. The van der Waals surface area contributed by atoms with Crippen LogP contribution in [0, 0.1) is 12.0 Å². The van der Waals surface area contributed by atoms with E-state index in [4.69, 9.17) is 6.57 Å². The molecule has 1 aromatic heterocycles. The molecule has 1 aromatic rings. The van der Waals surface area contributed by atoms with Gasteiger partial charge in [0.2, 0.25) is 11.6 Å². The molecule has 3 aliphatic rings. The summed E-state index contributed by atoms with van der Waals surface area (Å²) in [6, 6.07) is 3.88. The van der Waals surface area contributed by atoms with Crippen LogP contribution in [0.2, 0.25) is 0 Å². The first kappa shape index (κ1) is 18.2. The lowest BCUT2D eigenvalue weighted by molar-refractivity contribution is -0.151. The molecule has 1 aliphatic carbocycles. The normalized spacial score (nSPS) is 31.8. The van der Waals surface area contributed by atoms with Crippen molar-refractivity contribution in [3.05, 3.63) is 29.7 Å². The van der Waals surface area contributed by atoms with Gasteiger partial charge in [0.1, 0.15) is 5.82 Å². The third-order valence-corrected chi connectivity index (χ3v) is 6.64. The predicted molar refractivity (Wildman–Crippen MR) is 104 cm³/mol. The number of carbonyl (C=O) groups excluding carboxylic acids is 1. The van der Waals surface area contributed by atoms with Crippen LogP contribution in [0.4, 0.5) is 11.5 Å². The number of pyridine rings is 1. The van der Waals surface area contributed by atoms with E-state index >= 15 is 0 Å². The molecule has 1 N–H and O–H groups in total. The van der Waals surface area contributed by atoms with E-state index in [-0.39, 0.29) is 17.6 Å². The molecule has 1 amide bonds. The summed E-state index contributed by atoms with van der Waals surface area (Å²) in [5, 5.41) is 9.80. The van der Waals surface area contributed by atoms with Crippen LogP contribution in [0.5, 0.6) is 0 Å². The number of aliphatic hydroxyl groups is 1. The van der Waals surface area contributed by atoms with Gasteiger partial charge in [-0.2, -0.15) is 0 Å². The van der Waals surface area contributed by atoms with Crippen LogP contribution in [0.1, 0.15) is 51.4 Å². The molecule has 0 bridgehead atoms. The fourth-order valence-electron chi connectivity index (χ4n) is 5.23. The third-order valence-electron chi connectivity index (χ3n) is 6.64. The van der Waals surface area contributed by atoms with E-state index < -0.39 is 0 Å². The smallest absolute Gasteiger partial charge is 0.230 e.